The Kier molecular flexibility index (Phi) is 5.12. The number of methoxy groups -OCH3 is 1. The number of halogens is 3. The van der Waals surface area contributed by atoms with E-state index in [2.05, 4.69) is 15.1 Å². The van der Waals surface area contributed by atoms with E-state index < -0.39 is 12.7 Å². The van der Waals surface area contributed by atoms with Gasteiger partial charge in [-0.25, -0.2) is 9.97 Å². The summed E-state index contributed by atoms with van der Waals surface area (Å²) in [4.78, 5) is 9.86. The molecule has 3 aromatic rings. The number of nitrogens with zero attached hydrogens (tertiary/aromatic N) is 5. The second-order valence-corrected chi connectivity index (χ2v) is 5.92. The van der Waals surface area contributed by atoms with Crippen LogP contribution in [0.2, 0.25) is 0 Å². The molecule has 1 aromatic carbocycles. The molecule has 0 unspecified atom stereocenters. The van der Waals surface area contributed by atoms with Crippen LogP contribution in [0.3, 0.4) is 0 Å². The second kappa shape index (κ2) is 7.32. The molecule has 140 valence electrons. The zero-order valence-corrected chi connectivity index (χ0v) is 14.2. The van der Waals surface area contributed by atoms with Crippen molar-refractivity contribution in [3.05, 3.63) is 24.5 Å². The first-order chi connectivity index (χ1) is 12.4. The lowest BCUT2D eigenvalue weighted by Crippen LogP contribution is -2.31. The third-order valence-electron chi connectivity index (χ3n) is 4.05. The highest BCUT2D eigenvalue weighted by Crippen LogP contribution is 2.26. The van der Waals surface area contributed by atoms with E-state index >= 15 is 0 Å². The van der Waals surface area contributed by atoms with E-state index in [1.165, 1.54) is 15.7 Å². The first-order valence-corrected chi connectivity index (χ1v) is 8.10. The lowest BCUT2D eigenvalue weighted by molar-refractivity contribution is -0.143. The fourth-order valence-corrected chi connectivity index (χ4v) is 2.93. The van der Waals surface area contributed by atoms with E-state index in [0.717, 1.165) is 18.2 Å². The van der Waals surface area contributed by atoms with Crippen molar-refractivity contribution >= 4 is 22.5 Å². The number of para-hydroxylation sites is 1. The van der Waals surface area contributed by atoms with Gasteiger partial charge in [0.1, 0.15) is 17.6 Å². The SMILES string of the molecule is COc1cccc2c1nc(N)n1ncnc21.FC(F)(F)CN1CCCC1. The first kappa shape index (κ1) is 18.2. The van der Waals surface area contributed by atoms with Gasteiger partial charge in [0.15, 0.2) is 5.65 Å². The molecule has 0 spiro atoms. The number of hydrogen-bond acceptors (Lipinski definition) is 6. The average molecular weight is 368 g/mol. The molecule has 1 aliphatic heterocycles. The summed E-state index contributed by atoms with van der Waals surface area (Å²) in [5.41, 5.74) is 7.16. The largest absolute Gasteiger partial charge is 0.494 e. The number of ether oxygens (including phenoxy) is 1. The van der Waals surface area contributed by atoms with Gasteiger partial charge in [0.2, 0.25) is 5.95 Å². The fraction of sp³-hybridized carbons (Fsp3) is 0.438. The van der Waals surface area contributed by atoms with Gasteiger partial charge in [-0.2, -0.15) is 22.8 Å². The van der Waals surface area contributed by atoms with Crippen LogP contribution >= 0.6 is 0 Å². The third kappa shape index (κ3) is 3.96. The van der Waals surface area contributed by atoms with E-state index in [9.17, 15) is 13.2 Å². The van der Waals surface area contributed by atoms with Gasteiger partial charge in [0.05, 0.1) is 13.7 Å². The topological polar surface area (TPSA) is 81.6 Å². The maximum atomic E-state index is 11.7. The van der Waals surface area contributed by atoms with Crippen molar-refractivity contribution in [2.45, 2.75) is 19.0 Å². The van der Waals surface area contributed by atoms with Crippen molar-refractivity contribution in [2.75, 3.05) is 32.5 Å². The summed E-state index contributed by atoms with van der Waals surface area (Å²) in [7, 11) is 1.60. The summed E-state index contributed by atoms with van der Waals surface area (Å²) in [6.07, 6.45) is -0.733. The zero-order valence-electron chi connectivity index (χ0n) is 14.2. The molecule has 4 rings (SSSR count). The molecule has 2 aromatic heterocycles. The highest BCUT2D eigenvalue weighted by atomic mass is 19.4. The maximum Gasteiger partial charge on any atom is 0.401 e. The minimum Gasteiger partial charge on any atom is -0.494 e. The van der Waals surface area contributed by atoms with E-state index in [1.54, 1.807) is 7.11 Å². The standard InChI is InChI=1S/C10H9N5O.C6H10F3N/c1-16-7-4-2-3-6-8(7)14-10(11)15-9(6)12-5-13-15;7-6(8,9)5-10-3-1-2-4-10/h2-5H,1H3,(H2,11,14);1-5H2. The zero-order chi connectivity index (χ0) is 18.7. The number of alkyl halides is 3. The van der Waals surface area contributed by atoms with Gasteiger partial charge in [-0.1, -0.05) is 6.07 Å². The Hall–Kier alpha value is -2.62. The number of nitrogen functional groups attached to an aromatic ring is 1. The molecule has 0 amide bonds. The lowest BCUT2D eigenvalue weighted by Gasteiger charge is -2.16. The lowest BCUT2D eigenvalue weighted by atomic mass is 10.2. The Morgan fingerprint density at radius 1 is 1.23 bits per heavy atom. The third-order valence-corrected chi connectivity index (χ3v) is 4.05. The maximum absolute atomic E-state index is 11.7. The van der Waals surface area contributed by atoms with Crippen LogP contribution in [0.5, 0.6) is 5.75 Å². The molecule has 0 atom stereocenters. The van der Waals surface area contributed by atoms with Crippen LogP contribution in [0, 0.1) is 0 Å². The Bertz CT molecular complexity index is 889. The van der Waals surface area contributed by atoms with Crippen molar-refractivity contribution in [1.82, 2.24) is 24.5 Å². The van der Waals surface area contributed by atoms with Gasteiger partial charge in [0, 0.05) is 5.39 Å². The molecular weight excluding hydrogens is 349 g/mol. The van der Waals surface area contributed by atoms with Crippen molar-refractivity contribution < 1.29 is 17.9 Å². The van der Waals surface area contributed by atoms with Crippen LogP contribution in [0.25, 0.3) is 16.6 Å². The van der Waals surface area contributed by atoms with Gasteiger partial charge in [-0.3, -0.25) is 4.90 Å². The van der Waals surface area contributed by atoms with Crippen LogP contribution in [0.1, 0.15) is 12.8 Å². The predicted octanol–water partition coefficient (Wildman–Crippen LogP) is 2.51. The summed E-state index contributed by atoms with van der Waals surface area (Å²) in [6.45, 7) is 0.492. The van der Waals surface area contributed by atoms with Gasteiger partial charge in [-0.15, -0.1) is 0 Å². The molecule has 0 radical (unpaired) electrons. The molecule has 1 saturated heterocycles. The van der Waals surface area contributed by atoms with Crippen molar-refractivity contribution in [3.63, 3.8) is 0 Å². The van der Waals surface area contributed by atoms with Crippen LogP contribution in [0.15, 0.2) is 24.5 Å². The van der Waals surface area contributed by atoms with Crippen LogP contribution in [-0.2, 0) is 0 Å². The van der Waals surface area contributed by atoms with Crippen molar-refractivity contribution in [2.24, 2.45) is 0 Å². The highest BCUT2D eigenvalue weighted by Gasteiger charge is 2.31. The molecule has 2 N–H and O–H groups in total. The molecule has 0 bridgehead atoms. The molecule has 1 fully saturated rings. The second-order valence-electron chi connectivity index (χ2n) is 5.92. The molecule has 26 heavy (non-hydrogen) atoms. The van der Waals surface area contributed by atoms with Crippen LogP contribution in [0.4, 0.5) is 19.1 Å². The van der Waals surface area contributed by atoms with E-state index in [-0.39, 0.29) is 0 Å². The van der Waals surface area contributed by atoms with Crippen LogP contribution < -0.4 is 10.5 Å². The number of fused-ring (bicyclic) bond motifs is 3. The van der Waals surface area contributed by atoms with E-state index in [0.29, 0.717) is 36.0 Å². The number of hydrogen-bond donors (Lipinski definition) is 1. The fourth-order valence-electron chi connectivity index (χ4n) is 2.93. The number of anilines is 1. The van der Waals surface area contributed by atoms with Gasteiger partial charge < -0.3 is 10.5 Å². The number of benzene rings is 1. The van der Waals surface area contributed by atoms with Gasteiger partial charge in [-0.05, 0) is 38.1 Å². The molecule has 7 nitrogen and oxygen atoms in total. The summed E-state index contributed by atoms with van der Waals surface area (Å²) < 4.78 is 41.7. The minimum absolute atomic E-state index is 0.296. The highest BCUT2D eigenvalue weighted by molar-refractivity contribution is 5.95. The first-order valence-electron chi connectivity index (χ1n) is 8.10. The average Bonchev–Trinajstić information content (AvgIpc) is 3.25. The summed E-state index contributed by atoms with van der Waals surface area (Å²) in [6, 6.07) is 5.63. The van der Waals surface area contributed by atoms with E-state index in [4.69, 9.17) is 10.5 Å². The molecular formula is C16H19F3N6O. The molecule has 0 saturated carbocycles. The van der Waals surface area contributed by atoms with Gasteiger partial charge in [0.25, 0.3) is 0 Å². The molecule has 1 aliphatic rings. The molecule has 3 heterocycles. The van der Waals surface area contributed by atoms with Crippen LogP contribution in [-0.4, -0.2) is 57.4 Å². The minimum atomic E-state index is -4.01. The normalized spacial score (nSPS) is 15.2. The smallest absolute Gasteiger partial charge is 0.401 e. The Morgan fingerprint density at radius 2 is 1.96 bits per heavy atom. The monoisotopic (exact) mass is 368 g/mol. The Balaban J connectivity index is 0.000000170. The summed E-state index contributed by atoms with van der Waals surface area (Å²) in [5.74, 6) is 0.971. The van der Waals surface area contributed by atoms with Crippen molar-refractivity contribution in [3.8, 4) is 5.75 Å². The molecule has 0 aliphatic carbocycles. The summed E-state index contributed by atoms with van der Waals surface area (Å²) in [5, 5.41) is 4.87. The number of nitrogens with two attached hydrogens (primary N) is 1. The van der Waals surface area contributed by atoms with Gasteiger partial charge >= 0.3 is 6.18 Å². The number of rotatable bonds is 2. The van der Waals surface area contributed by atoms with Crippen molar-refractivity contribution in [1.29, 1.82) is 0 Å². The Morgan fingerprint density at radius 3 is 2.62 bits per heavy atom. The number of aromatic nitrogens is 4. The van der Waals surface area contributed by atoms with E-state index in [1.807, 2.05) is 18.2 Å². The molecule has 10 heteroatoms. The Labute approximate surface area is 147 Å². The predicted molar refractivity (Wildman–Crippen MR) is 91.0 cm³/mol. The quantitative estimate of drug-likeness (QED) is 0.749. The number of likely N-dealkylation sites (tertiary alicyclic amines) is 1. The summed E-state index contributed by atoms with van der Waals surface area (Å²) >= 11 is 0.